The lowest BCUT2D eigenvalue weighted by atomic mass is 10.2. The van der Waals surface area contributed by atoms with Gasteiger partial charge in [-0.3, -0.25) is 0 Å². The second kappa shape index (κ2) is 22.1. The Bertz CT molecular complexity index is 2080. The minimum Gasteiger partial charge on any atom is -0.744 e. The third-order valence-corrected chi connectivity index (χ3v) is 10.2. The van der Waals surface area contributed by atoms with Crippen molar-refractivity contribution in [2.24, 2.45) is 20.5 Å². The molecule has 0 aliphatic rings. The number of carbonyl (C=O) groups excluding carboxylic acids is 2. The fourth-order valence-corrected chi connectivity index (χ4v) is 6.27. The first-order valence-corrected chi connectivity index (χ1v) is 21.1. The number of unbranched alkanes of at least 4 members (excludes halogenated alkanes) is 3. The Kier molecular flexibility index (Phi) is 17.1. The summed E-state index contributed by atoms with van der Waals surface area (Å²) in [6.45, 7) is 3.05. The number of carbonyl (C=O) groups is 2. The summed E-state index contributed by atoms with van der Waals surface area (Å²) in [7, 11) is -5.37. The lowest BCUT2D eigenvalue weighted by Crippen LogP contribution is -2.40. The van der Waals surface area contributed by atoms with Gasteiger partial charge in [0.05, 0.1) is 32.5 Å². The summed E-state index contributed by atoms with van der Waals surface area (Å²) >= 11 is 0. The molecule has 0 saturated carbocycles. The zero-order valence-corrected chi connectivity index (χ0v) is 33.7. The van der Waals surface area contributed by atoms with E-state index in [9.17, 15) is 35.5 Å². The van der Waals surface area contributed by atoms with Crippen molar-refractivity contribution >= 4 is 66.4 Å². The minimum atomic E-state index is -4.58. The zero-order valence-electron chi connectivity index (χ0n) is 32.1. The normalized spacial score (nSPS) is 11.7. The van der Waals surface area contributed by atoms with Crippen LogP contribution in [0.5, 0.6) is 0 Å². The molecular weight excluding hydrogens is 789 g/mol. The van der Waals surface area contributed by atoms with Crippen LogP contribution in [-0.2, 0) is 20.2 Å². The topological polar surface area (TPSA) is 253 Å². The van der Waals surface area contributed by atoms with E-state index in [0.717, 1.165) is 49.2 Å². The van der Waals surface area contributed by atoms with Crippen LogP contribution in [-0.4, -0.2) is 91.4 Å². The van der Waals surface area contributed by atoms with Gasteiger partial charge in [0.1, 0.15) is 20.2 Å². The number of nitrogens with zero attached hydrogens (tertiary/aromatic N) is 6. The second-order valence-corrected chi connectivity index (χ2v) is 15.7. The number of azo groups is 2. The predicted molar refractivity (Wildman–Crippen MR) is 218 cm³/mol. The van der Waals surface area contributed by atoms with Crippen molar-refractivity contribution in [3.63, 3.8) is 0 Å². The Morgan fingerprint density at radius 1 is 0.500 bits per heavy atom. The number of amides is 4. The van der Waals surface area contributed by atoms with Crippen molar-refractivity contribution < 1.29 is 35.5 Å². The van der Waals surface area contributed by atoms with Crippen LogP contribution in [0.2, 0.25) is 0 Å². The molecular formula is C38H46N10O8S2-2. The molecule has 0 radical (unpaired) electrons. The van der Waals surface area contributed by atoms with Crippen LogP contribution >= 0.6 is 0 Å². The Labute approximate surface area is 338 Å². The summed E-state index contributed by atoms with van der Waals surface area (Å²) in [6, 6.07) is 24.6. The van der Waals surface area contributed by atoms with Crippen molar-refractivity contribution in [1.82, 2.24) is 21.3 Å². The number of anilines is 2. The van der Waals surface area contributed by atoms with Gasteiger partial charge < -0.3 is 40.2 Å². The molecule has 0 spiro atoms. The number of hydrogen-bond donors (Lipinski definition) is 4. The standard InChI is InChI=1S/C38H48N10O8S2/c1-47(33-17-13-29(14-18-33)43-45-31-9-7-11-35(27-31)57(51,52)53)25-23-41-37(49)39-21-5-3-4-6-22-40-38(50)42-24-26-48(2)34-19-15-30(16-20-34)44-46-32-10-8-12-36(28-32)58(54,55)56/h7-20,27-28H,3-6,21-26H2,1-2H3,(H2,39,41,49)(H2,40,42,50)(H,51,52,53)(H,54,55,56)/p-2. The van der Waals surface area contributed by atoms with Crippen LogP contribution in [0.25, 0.3) is 0 Å². The molecule has 4 N–H and O–H groups in total. The molecule has 0 aliphatic carbocycles. The van der Waals surface area contributed by atoms with E-state index in [-0.39, 0.29) is 33.2 Å². The summed E-state index contributed by atoms with van der Waals surface area (Å²) in [5, 5.41) is 27.6. The summed E-state index contributed by atoms with van der Waals surface area (Å²) in [5.41, 5.74) is 3.37. The van der Waals surface area contributed by atoms with Gasteiger partial charge in [-0.25, -0.2) is 26.4 Å². The second-order valence-electron chi connectivity index (χ2n) is 13.0. The third-order valence-electron chi connectivity index (χ3n) is 8.50. The Morgan fingerprint density at radius 3 is 1.21 bits per heavy atom. The van der Waals surface area contributed by atoms with Crippen LogP contribution in [0.3, 0.4) is 0 Å². The molecule has 58 heavy (non-hydrogen) atoms. The van der Waals surface area contributed by atoms with Crippen LogP contribution in [0.15, 0.2) is 127 Å². The summed E-state index contributed by atoms with van der Waals surface area (Å²) in [6.07, 6.45) is 3.43. The summed E-state index contributed by atoms with van der Waals surface area (Å²) in [4.78, 5) is 27.6. The van der Waals surface area contributed by atoms with Crippen molar-refractivity contribution in [2.45, 2.75) is 35.5 Å². The van der Waals surface area contributed by atoms with Gasteiger partial charge >= 0.3 is 12.1 Å². The number of rotatable bonds is 21. The van der Waals surface area contributed by atoms with Gasteiger partial charge in [0.25, 0.3) is 0 Å². The van der Waals surface area contributed by atoms with Gasteiger partial charge in [-0.05, 0) is 97.8 Å². The van der Waals surface area contributed by atoms with Gasteiger partial charge in [0, 0.05) is 64.7 Å². The van der Waals surface area contributed by atoms with E-state index in [1.807, 2.05) is 48.2 Å². The van der Waals surface area contributed by atoms with E-state index < -0.39 is 20.2 Å². The van der Waals surface area contributed by atoms with Gasteiger partial charge in [0.2, 0.25) is 0 Å². The quantitative estimate of drug-likeness (QED) is 0.0429. The number of urea groups is 2. The maximum absolute atomic E-state index is 12.2. The molecule has 0 saturated heterocycles. The SMILES string of the molecule is CN(CCNC(=O)NCCCCCCNC(=O)NCCN(C)c1ccc(N=Nc2cccc(S(=O)(=O)[O-])c2)cc1)c1ccc(N=Nc2cccc(S(=O)(=O)[O-])c2)cc1. The minimum absolute atomic E-state index is 0.244. The largest absolute Gasteiger partial charge is 0.744 e. The zero-order chi connectivity index (χ0) is 42.0. The molecule has 18 nitrogen and oxygen atoms in total. The van der Waals surface area contributed by atoms with E-state index in [1.54, 1.807) is 36.4 Å². The summed E-state index contributed by atoms with van der Waals surface area (Å²) < 4.78 is 67.3. The maximum Gasteiger partial charge on any atom is 0.314 e. The number of benzene rings is 4. The lowest BCUT2D eigenvalue weighted by molar-refractivity contribution is 0.239. The Morgan fingerprint density at radius 2 is 0.845 bits per heavy atom. The predicted octanol–water partition coefficient (Wildman–Crippen LogP) is 6.06. The Hall–Kier alpha value is -5.96. The number of hydrogen-bond acceptors (Lipinski definition) is 14. The lowest BCUT2D eigenvalue weighted by Gasteiger charge is -2.19. The first-order valence-electron chi connectivity index (χ1n) is 18.3. The average molecular weight is 835 g/mol. The molecule has 4 aromatic carbocycles. The number of likely N-dealkylation sites (N-methyl/N-ethyl adjacent to an activating group) is 2. The van der Waals surface area contributed by atoms with Crippen molar-refractivity contribution in [1.29, 1.82) is 0 Å². The maximum atomic E-state index is 12.2. The molecule has 4 aromatic rings. The van der Waals surface area contributed by atoms with E-state index in [4.69, 9.17) is 0 Å². The molecule has 0 fully saturated rings. The highest BCUT2D eigenvalue weighted by Crippen LogP contribution is 2.25. The molecule has 0 heterocycles. The van der Waals surface area contributed by atoms with E-state index >= 15 is 0 Å². The smallest absolute Gasteiger partial charge is 0.314 e. The first kappa shape index (κ1) is 44.8. The van der Waals surface area contributed by atoms with Crippen LogP contribution in [0.1, 0.15) is 25.7 Å². The molecule has 0 aliphatic heterocycles. The molecule has 20 heteroatoms. The molecule has 4 rings (SSSR count). The Balaban J connectivity index is 0.995. The van der Waals surface area contributed by atoms with E-state index in [0.29, 0.717) is 50.6 Å². The van der Waals surface area contributed by atoms with Crippen LogP contribution < -0.4 is 31.1 Å². The van der Waals surface area contributed by atoms with Crippen molar-refractivity contribution in [2.75, 3.05) is 63.2 Å². The fraction of sp³-hybridized carbons (Fsp3) is 0.316. The van der Waals surface area contributed by atoms with Gasteiger partial charge in [0.15, 0.2) is 0 Å². The van der Waals surface area contributed by atoms with E-state index in [2.05, 4.69) is 41.7 Å². The van der Waals surface area contributed by atoms with Crippen molar-refractivity contribution in [3.05, 3.63) is 97.1 Å². The average Bonchev–Trinajstić information content (AvgIpc) is 3.20. The third kappa shape index (κ3) is 15.9. The highest BCUT2D eigenvalue weighted by molar-refractivity contribution is 7.86. The van der Waals surface area contributed by atoms with Crippen LogP contribution in [0.4, 0.5) is 43.7 Å². The highest BCUT2D eigenvalue weighted by Gasteiger charge is 2.07. The number of nitrogens with one attached hydrogen (secondary N) is 4. The van der Waals surface area contributed by atoms with Gasteiger partial charge in [-0.1, -0.05) is 25.0 Å². The molecule has 310 valence electrons. The molecule has 0 bridgehead atoms. The van der Waals surface area contributed by atoms with Crippen molar-refractivity contribution in [3.8, 4) is 0 Å². The molecule has 0 atom stereocenters. The van der Waals surface area contributed by atoms with Gasteiger partial charge in [-0.2, -0.15) is 20.5 Å². The molecule has 0 unspecified atom stereocenters. The highest BCUT2D eigenvalue weighted by atomic mass is 32.2. The van der Waals surface area contributed by atoms with E-state index in [1.165, 1.54) is 24.3 Å². The fourth-order valence-electron chi connectivity index (χ4n) is 5.25. The van der Waals surface area contributed by atoms with Crippen LogP contribution in [0, 0.1) is 0 Å². The first-order chi connectivity index (χ1) is 27.7. The van der Waals surface area contributed by atoms with Gasteiger partial charge in [-0.15, -0.1) is 0 Å². The molecule has 0 aromatic heterocycles. The molecule has 4 amide bonds. The monoisotopic (exact) mass is 834 g/mol. The summed E-state index contributed by atoms with van der Waals surface area (Å²) in [5.74, 6) is 0.